The largest absolute Gasteiger partial charge is 0.381 e. The fourth-order valence-electron chi connectivity index (χ4n) is 1.55. The van der Waals surface area contributed by atoms with Gasteiger partial charge in [-0.3, -0.25) is 0 Å². The topological polar surface area (TPSA) is 61.0 Å². The summed E-state index contributed by atoms with van der Waals surface area (Å²) in [6.45, 7) is 0.848. The molecule has 2 heterocycles. The molecule has 1 aromatic heterocycles. The van der Waals surface area contributed by atoms with Gasteiger partial charge in [0.15, 0.2) is 5.82 Å². The maximum atomic E-state index is 5.83. The van der Waals surface area contributed by atoms with Gasteiger partial charge in [0.2, 0.25) is 0 Å². The van der Waals surface area contributed by atoms with Gasteiger partial charge in [0.05, 0.1) is 16.8 Å². The second kappa shape index (κ2) is 4.11. The SMILES string of the molecule is Nc1nnc(CC2CCCO2)cc1Cl. The van der Waals surface area contributed by atoms with E-state index in [2.05, 4.69) is 10.2 Å². The summed E-state index contributed by atoms with van der Waals surface area (Å²) in [7, 11) is 0. The first-order chi connectivity index (χ1) is 6.75. The number of hydrogen-bond donors (Lipinski definition) is 1. The van der Waals surface area contributed by atoms with E-state index in [0.717, 1.165) is 31.6 Å². The second-order valence-electron chi connectivity index (χ2n) is 3.41. The molecule has 76 valence electrons. The minimum absolute atomic E-state index is 0.268. The van der Waals surface area contributed by atoms with Crippen molar-refractivity contribution in [3.8, 4) is 0 Å². The zero-order valence-electron chi connectivity index (χ0n) is 7.74. The predicted octanol–water partition coefficient (Wildman–Crippen LogP) is 1.43. The highest BCUT2D eigenvalue weighted by atomic mass is 35.5. The van der Waals surface area contributed by atoms with Crippen LogP contribution in [0.4, 0.5) is 5.82 Å². The van der Waals surface area contributed by atoms with Crippen molar-refractivity contribution >= 4 is 17.4 Å². The van der Waals surface area contributed by atoms with E-state index < -0.39 is 0 Å². The fourth-order valence-corrected chi connectivity index (χ4v) is 1.72. The summed E-state index contributed by atoms with van der Waals surface area (Å²) in [5, 5.41) is 8.19. The highest BCUT2D eigenvalue weighted by Gasteiger charge is 2.17. The van der Waals surface area contributed by atoms with Gasteiger partial charge in [-0.05, 0) is 18.9 Å². The number of hydrogen-bond acceptors (Lipinski definition) is 4. The normalized spacial score (nSPS) is 21.4. The highest BCUT2D eigenvalue weighted by Crippen LogP contribution is 2.19. The Morgan fingerprint density at radius 1 is 1.57 bits per heavy atom. The number of nitrogens with zero attached hydrogens (tertiary/aromatic N) is 2. The van der Waals surface area contributed by atoms with Gasteiger partial charge < -0.3 is 10.5 Å². The van der Waals surface area contributed by atoms with Crippen molar-refractivity contribution in [2.75, 3.05) is 12.3 Å². The van der Waals surface area contributed by atoms with Crippen LogP contribution in [0.1, 0.15) is 18.5 Å². The van der Waals surface area contributed by atoms with E-state index in [1.807, 2.05) is 0 Å². The van der Waals surface area contributed by atoms with Crippen LogP contribution in [0.5, 0.6) is 0 Å². The molecule has 1 atom stereocenters. The molecule has 1 aromatic rings. The van der Waals surface area contributed by atoms with Gasteiger partial charge in [0.1, 0.15) is 0 Å². The third kappa shape index (κ3) is 2.13. The van der Waals surface area contributed by atoms with Gasteiger partial charge in [-0.15, -0.1) is 5.10 Å². The quantitative estimate of drug-likeness (QED) is 0.808. The summed E-state index contributed by atoms with van der Waals surface area (Å²) in [6, 6.07) is 1.76. The maximum Gasteiger partial charge on any atom is 0.164 e. The molecular formula is C9H12ClN3O. The summed E-state index contributed by atoms with van der Waals surface area (Å²) < 4.78 is 5.48. The third-order valence-corrected chi connectivity index (χ3v) is 2.59. The molecule has 2 rings (SSSR count). The number of rotatable bonds is 2. The highest BCUT2D eigenvalue weighted by molar-refractivity contribution is 6.32. The van der Waals surface area contributed by atoms with Gasteiger partial charge in [-0.25, -0.2) is 0 Å². The maximum absolute atomic E-state index is 5.83. The smallest absolute Gasteiger partial charge is 0.164 e. The number of anilines is 1. The van der Waals surface area contributed by atoms with Crippen LogP contribution in [-0.4, -0.2) is 22.9 Å². The van der Waals surface area contributed by atoms with Gasteiger partial charge in [-0.2, -0.15) is 5.10 Å². The van der Waals surface area contributed by atoms with Gasteiger partial charge in [-0.1, -0.05) is 11.6 Å². The number of nitrogen functional groups attached to an aromatic ring is 1. The Morgan fingerprint density at radius 2 is 2.43 bits per heavy atom. The molecule has 0 saturated carbocycles. The van der Waals surface area contributed by atoms with E-state index in [1.165, 1.54) is 0 Å². The van der Waals surface area contributed by atoms with Crippen LogP contribution >= 0.6 is 11.6 Å². The Balaban J connectivity index is 2.05. The van der Waals surface area contributed by atoms with Crippen molar-refractivity contribution < 1.29 is 4.74 Å². The molecule has 0 amide bonds. The Bertz CT molecular complexity index is 326. The lowest BCUT2D eigenvalue weighted by molar-refractivity contribution is 0.110. The standard InChI is InChI=1S/C9H12ClN3O/c10-8-5-6(12-13-9(8)11)4-7-2-1-3-14-7/h5,7H,1-4H2,(H2,11,13). The zero-order valence-corrected chi connectivity index (χ0v) is 8.50. The first-order valence-electron chi connectivity index (χ1n) is 4.65. The van der Waals surface area contributed by atoms with Crippen molar-refractivity contribution in [3.05, 3.63) is 16.8 Å². The molecule has 1 aliphatic rings. The van der Waals surface area contributed by atoms with Gasteiger partial charge >= 0.3 is 0 Å². The molecule has 5 heteroatoms. The molecule has 0 spiro atoms. The molecule has 0 aliphatic carbocycles. The fraction of sp³-hybridized carbons (Fsp3) is 0.556. The van der Waals surface area contributed by atoms with E-state index in [-0.39, 0.29) is 11.9 Å². The summed E-state index contributed by atoms with van der Waals surface area (Å²) >= 11 is 5.83. The van der Waals surface area contributed by atoms with Crippen LogP contribution in [0, 0.1) is 0 Å². The number of halogens is 1. The minimum Gasteiger partial charge on any atom is -0.381 e. The minimum atomic E-state index is 0.268. The second-order valence-corrected chi connectivity index (χ2v) is 3.82. The van der Waals surface area contributed by atoms with E-state index in [1.54, 1.807) is 6.07 Å². The van der Waals surface area contributed by atoms with Gasteiger partial charge in [0.25, 0.3) is 0 Å². The number of ether oxygens (including phenoxy) is 1. The number of nitrogens with two attached hydrogens (primary N) is 1. The molecule has 14 heavy (non-hydrogen) atoms. The molecule has 0 bridgehead atoms. The van der Waals surface area contributed by atoms with Crippen LogP contribution < -0.4 is 5.73 Å². The summed E-state index contributed by atoms with van der Waals surface area (Å²) in [5.74, 6) is 0.280. The predicted molar refractivity (Wildman–Crippen MR) is 54.1 cm³/mol. The first kappa shape index (κ1) is 9.68. The van der Waals surface area contributed by atoms with Crippen LogP contribution in [-0.2, 0) is 11.2 Å². The van der Waals surface area contributed by atoms with E-state index in [9.17, 15) is 0 Å². The van der Waals surface area contributed by atoms with Crippen molar-refractivity contribution in [1.29, 1.82) is 0 Å². The lowest BCUT2D eigenvalue weighted by Gasteiger charge is -2.08. The molecule has 4 nitrogen and oxygen atoms in total. The average molecular weight is 214 g/mol. The first-order valence-corrected chi connectivity index (χ1v) is 5.02. The summed E-state index contributed by atoms with van der Waals surface area (Å²) in [5.41, 5.74) is 6.30. The Kier molecular flexibility index (Phi) is 2.84. The summed E-state index contributed by atoms with van der Waals surface area (Å²) in [6.07, 6.45) is 3.25. The van der Waals surface area contributed by atoms with Crippen LogP contribution in [0.2, 0.25) is 5.02 Å². The van der Waals surface area contributed by atoms with E-state index in [0.29, 0.717) is 5.02 Å². The van der Waals surface area contributed by atoms with Crippen LogP contribution in [0.15, 0.2) is 6.07 Å². The molecule has 0 aromatic carbocycles. The van der Waals surface area contributed by atoms with Crippen molar-refractivity contribution in [1.82, 2.24) is 10.2 Å². The molecule has 1 unspecified atom stereocenters. The molecular weight excluding hydrogens is 202 g/mol. The molecule has 1 aliphatic heterocycles. The lowest BCUT2D eigenvalue weighted by Crippen LogP contribution is -2.11. The third-order valence-electron chi connectivity index (χ3n) is 2.29. The van der Waals surface area contributed by atoms with Gasteiger partial charge in [0, 0.05) is 13.0 Å². The van der Waals surface area contributed by atoms with E-state index in [4.69, 9.17) is 22.1 Å². The zero-order chi connectivity index (χ0) is 9.97. The van der Waals surface area contributed by atoms with E-state index >= 15 is 0 Å². The van der Waals surface area contributed by atoms with Crippen LogP contribution in [0.25, 0.3) is 0 Å². The van der Waals surface area contributed by atoms with Crippen LogP contribution in [0.3, 0.4) is 0 Å². The van der Waals surface area contributed by atoms with Crippen molar-refractivity contribution in [2.24, 2.45) is 0 Å². The average Bonchev–Trinajstić information content (AvgIpc) is 2.64. The Hall–Kier alpha value is -0.870. The molecule has 2 N–H and O–H groups in total. The Morgan fingerprint density at radius 3 is 3.07 bits per heavy atom. The van der Waals surface area contributed by atoms with Crippen molar-refractivity contribution in [2.45, 2.75) is 25.4 Å². The monoisotopic (exact) mass is 213 g/mol. The summed E-state index contributed by atoms with van der Waals surface area (Å²) in [4.78, 5) is 0. The molecule has 0 radical (unpaired) electrons. The molecule has 1 saturated heterocycles. The van der Waals surface area contributed by atoms with Crippen molar-refractivity contribution in [3.63, 3.8) is 0 Å². The Labute approximate surface area is 87.4 Å². The number of aromatic nitrogens is 2. The lowest BCUT2D eigenvalue weighted by atomic mass is 10.1. The molecule has 1 fully saturated rings.